The van der Waals surface area contributed by atoms with E-state index >= 15 is 0 Å². The van der Waals surface area contributed by atoms with Crippen LogP contribution in [0.25, 0.3) is 16.8 Å². The molecule has 0 saturated carbocycles. The van der Waals surface area contributed by atoms with Crippen LogP contribution in [0.4, 0.5) is 11.4 Å². The van der Waals surface area contributed by atoms with E-state index in [1.165, 1.54) is 11.8 Å². The number of carbonyl (C=O) groups is 3. The van der Waals surface area contributed by atoms with Crippen LogP contribution in [0.1, 0.15) is 21.5 Å². The number of fused-ring (bicyclic) bond motifs is 1. The number of anilines is 2. The second-order valence-corrected chi connectivity index (χ2v) is 10.7. The van der Waals surface area contributed by atoms with Crippen LogP contribution < -0.4 is 16.0 Å². The van der Waals surface area contributed by atoms with Crippen molar-refractivity contribution in [2.45, 2.75) is 11.8 Å². The number of rotatable bonds is 9. The van der Waals surface area contributed by atoms with Gasteiger partial charge in [-0.05, 0) is 60.3 Å². The zero-order valence-electron chi connectivity index (χ0n) is 23.0. The van der Waals surface area contributed by atoms with Crippen molar-refractivity contribution in [2.75, 3.05) is 16.4 Å². The Morgan fingerprint density at radius 3 is 2.26 bits per heavy atom. The zero-order chi connectivity index (χ0) is 29.3. The average molecular weight is 572 g/mol. The monoisotopic (exact) mass is 571 g/mol. The Hall–Kier alpha value is -5.14. The van der Waals surface area contributed by atoms with Crippen molar-refractivity contribution in [1.29, 1.82) is 0 Å². The average Bonchev–Trinajstić information content (AvgIpc) is 3.01. The molecule has 42 heavy (non-hydrogen) atoms. The van der Waals surface area contributed by atoms with E-state index in [9.17, 15) is 14.4 Å². The molecule has 3 amide bonds. The summed E-state index contributed by atoms with van der Waals surface area (Å²) in [4.78, 5) is 39.8. The molecule has 3 N–H and O–H groups in total. The van der Waals surface area contributed by atoms with Gasteiger partial charge in [-0.25, -0.2) is 0 Å². The zero-order valence-corrected chi connectivity index (χ0v) is 23.8. The molecule has 0 aliphatic heterocycles. The van der Waals surface area contributed by atoms with E-state index in [0.29, 0.717) is 11.3 Å². The maximum Gasteiger partial charge on any atom is 0.272 e. The summed E-state index contributed by atoms with van der Waals surface area (Å²) in [7, 11) is 0. The van der Waals surface area contributed by atoms with Crippen molar-refractivity contribution in [2.24, 2.45) is 0 Å². The van der Waals surface area contributed by atoms with Gasteiger partial charge in [-0.15, -0.1) is 11.8 Å². The Balaban J connectivity index is 1.26. The van der Waals surface area contributed by atoms with Gasteiger partial charge in [0.1, 0.15) is 5.70 Å². The molecule has 0 aliphatic rings. The maximum atomic E-state index is 13.4. The minimum Gasteiger partial charge on any atom is -0.325 e. The minimum absolute atomic E-state index is 0.111. The first-order valence-electron chi connectivity index (χ1n) is 13.4. The predicted molar refractivity (Wildman–Crippen MR) is 171 cm³/mol. The molecule has 0 unspecified atom stereocenters. The Labute approximate surface area is 248 Å². The van der Waals surface area contributed by atoms with Crippen LogP contribution in [0.15, 0.2) is 132 Å². The highest BCUT2D eigenvalue weighted by atomic mass is 32.2. The van der Waals surface area contributed by atoms with Crippen molar-refractivity contribution in [3.8, 4) is 0 Å². The predicted octanol–water partition coefficient (Wildman–Crippen LogP) is 7.29. The van der Waals surface area contributed by atoms with Gasteiger partial charge < -0.3 is 16.0 Å². The summed E-state index contributed by atoms with van der Waals surface area (Å²) >= 11 is 1.37. The first-order chi connectivity index (χ1) is 20.4. The van der Waals surface area contributed by atoms with E-state index < -0.39 is 5.91 Å². The fourth-order valence-corrected chi connectivity index (χ4v) is 5.06. The van der Waals surface area contributed by atoms with E-state index in [1.807, 2.05) is 91.9 Å². The molecule has 0 aliphatic carbocycles. The molecular weight excluding hydrogens is 542 g/mol. The molecule has 0 heterocycles. The third kappa shape index (κ3) is 7.53. The van der Waals surface area contributed by atoms with E-state index in [0.717, 1.165) is 32.5 Å². The summed E-state index contributed by atoms with van der Waals surface area (Å²) < 4.78 is 0. The molecule has 0 aromatic heterocycles. The first kappa shape index (κ1) is 28.4. The molecule has 7 heteroatoms. The van der Waals surface area contributed by atoms with Gasteiger partial charge in [0.2, 0.25) is 5.91 Å². The number of benzene rings is 5. The molecule has 0 radical (unpaired) electrons. The van der Waals surface area contributed by atoms with Gasteiger partial charge in [0.05, 0.1) is 5.75 Å². The summed E-state index contributed by atoms with van der Waals surface area (Å²) in [5.74, 6) is -0.772. The minimum atomic E-state index is -0.462. The van der Waals surface area contributed by atoms with E-state index in [-0.39, 0.29) is 23.3 Å². The molecule has 0 fully saturated rings. The number of nitrogens with one attached hydrogen (secondary N) is 3. The van der Waals surface area contributed by atoms with Crippen LogP contribution in [0.3, 0.4) is 0 Å². The largest absolute Gasteiger partial charge is 0.325 e. The third-order valence-corrected chi connectivity index (χ3v) is 7.44. The molecule has 0 spiro atoms. The topological polar surface area (TPSA) is 87.3 Å². The van der Waals surface area contributed by atoms with Gasteiger partial charge in [0, 0.05) is 27.2 Å². The van der Waals surface area contributed by atoms with Crippen LogP contribution in [0.2, 0.25) is 0 Å². The quantitative estimate of drug-likeness (QED) is 0.128. The molecule has 208 valence electrons. The van der Waals surface area contributed by atoms with Crippen molar-refractivity contribution in [1.82, 2.24) is 5.32 Å². The number of thioether (sulfide) groups is 1. The Morgan fingerprint density at radius 2 is 1.45 bits per heavy atom. The number of carbonyl (C=O) groups excluding carboxylic acids is 3. The smallest absolute Gasteiger partial charge is 0.272 e. The second kappa shape index (κ2) is 13.5. The van der Waals surface area contributed by atoms with E-state index in [2.05, 4.69) is 16.0 Å². The summed E-state index contributed by atoms with van der Waals surface area (Å²) in [6.45, 7) is 1.98. The van der Waals surface area contributed by atoms with Gasteiger partial charge in [-0.2, -0.15) is 0 Å². The molecule has 0 atom stereocenters. The number of aryl methyl sites for hydroxylation is 1. The van der Waals surface area contributed by atoms with Crippen LogP contribution in [-0.4, -0.2) is 23.5 Å². The molecule has 0 saturated heterocycles. The summed E-state index contributed by atoms with van der Waals surface area (Å²) in [6, 6.07) is 37.4. The summed E-state index contributed by atoms with van der Waals surface area (Å²) in [5.41, 5.74) is 3.74. The van der Waals surface area contributed by atoms with Gasteiger partial charge in [0.25, 0.3) is 11.8 Å². The molecule has 6 nitrogen and oxygen atoms in total. The highest BCUT2D eigenvalue weighted by Gasteiger charge is 2.15. The maximum absolute atomic E-state index is 13.4. The molecule has 5 aromatic carbocycles. The van der Waals surface area contributed by atoms with Crippen LogP contribution in [0, 0.1) is 6.92 Å². The van der Waals surface area contributed by atoms with Crippen LogP contribution >= 0.6 is 11.8 Å². The van der Waals surface area contributed by atoms with Crippen molar-refractivity contribution < 1.29 is 14.4 Å². The standard InChI is InChI=1S/C35H29N3O3S/c1-24-17-19-25(20-18-24)21-32(38-34(40)27-10-3-2-4-11-27)35(41)36-28-13-8-14-29(22-28)42-23-33(39)37-31-16-7-12-26-9-5-6-15-30(26)31/h2-22H,23H2,1H3,(H,36,41)(H,37,39)(H,38,40)/b32-21+. The van der Waals surface area contributed by atoms with E-state index in [1.54, 1.807) is 42.5 Å². The lowest BCUT2D eigenvalue weighted by atomic mass is 10.1. The second-order valence-electron chi connectivity index (χ2n) is 9.63. The third-order valence-electron chi connectivity index (χ3n) is 6.44. The lowest BCUT2D eigenvalue weighted by Crippen LogP contribution is -2.30. The van der Waals surface area contributed by atoms with E-state index in [4.69, 9.17) is 0 Å². The summed E-state index contributed by atoms with van der Waals surface area (Å²) in [6.07, 6.45) is 1.64. The highest BCUT2D eigenvalue weighted by molar-refractivity contribution is 8.00. The van der Waals surface area contributed by atoms with Gasteiger partial charge in [0.15, 0.2) is 0 Å². The highest BCUT2D eigenvalue weighted by Crippen LogP contribution is 2.25. The molecule has 5 rings (SSSR count). The van der Waals surface area contributed by atoms with Crippen LogP contribution in [-0.2, 0) is 9.59 Å². The molecular formula is C35H29N3O3S. The number of hydrogen-bond donors (Lipinski definition) is 3. The van der Waals surface area contributed by atoms with Gasteiger partial charge in [-0.3, -0.25) is 14.4 Å². The van der Waals surface area contributed by atoms with Crippen molar-refractivity contribution in [3.05, 3.63) is 144 Å². The van der Waals surface area contributed by atoms with Gasteiger partial charge in [-0.1, -0.05) is 90.5 Å². The fourth-order valence-electron chi connectivity index (χ4n) is 4.30. The van der Waals surface area contributed by atoms with Crippen molar-refractivity contribution in [3.63, 3.8) is 0 Å². The number of amides is 3. The fraction of sp³-hybridized carbons (Fsp3) is 0.0571. The van der Waals surface area contributed by atoms with Gasteiger partial charge >= 0.3 is 0 Å². The normalized spacial score (nSPS) is 11.1. The lowest BCUT2D eigenvalue weighted by Gasteiger charge is -2.12. The molecule has 5 aromatic rings. The number of hydrogen-bond acceptors (Lipinski definition) is 4. The molecule has 0 bridgehead atoms. The SMILES string of the molecule is Cc1ccc(/C=C(/NC(=O)c2ccccc2)C(=O)Nc2cccc(SCC(=O)Nc3cccc4ccccc34)c2)cc1. The summed E-state index contributed by atoms with van der Waals surface area (Å²) in [5, 5.41) is 10.7. The lowest BCUT2D eigenvalue weighted by molar-refractivity contribution is -0.114. The first-order valence-corrected chi connectivity index (χ1v) is 14.4. The van der Waals surface area contributed by atoms with Crippen LogP contribution in [0.5, 0.6) is 0 Å². The Kier molecular flexibility index (Phi) is 9.11. The Morgan fingerprint density at radius 1 is 0.738 bits per heavy atom. The Bertz CT molecular complexity index is 1760. The van der Waals surface area contributed by atoms with Crippen molar-refractivity contribution >= 4 is 57.7 Å².